The van der Waals surface area contributed by atoms with Crippen LogP contribution in [0.1, 0.15) is 16.7 Å². The van der Waals surface area contributed by atoms with Gasteiger partial charge in [-0.15, -0.1) is 0 Å². The SMILES string of the molecule is Cc1cccc(CNc2cccc(Cl)c2Cl)c1C. The van der Waals surface area contributed by atoms with Gasteiger partial charge >= 0.3 is 0 Å². The summed E-state index contributed by atoms with van der Waals surface area (Å²) < 4.78 is 0. The molecule has 0 atom stereocenters. The number of halogens is 2. The summed E-state index contributed by atoms with van der Waals surface area (Å²) in [5, 5.41) is 4.47. The lowest BCUT2D eigenvalue weighted by molar-refractivity contribution is 1.10. The molecule has 94 valence electrons. The van der Waals surface area contributed by atoms with Crippen molar-refractivity contribution in [3.05, 3.63) is 63.1 Å². The van der Waals surface area contributed by atoms with E-state index in [4.69, 9.17) is 23.2 Å². The number of aryl methyl sites for hydroxylation is 1. The lowest BCUT2D eigenvalue weighted by Crippen LogP contribution is -2.02. The van der Waals surface area contributed by atoms with Gasteiger partial charge in [-0.2, -0.15) is 0 Å². The monoisotopic (exact) mass is 279 g/mol. The van der Waals surface area contributed by atoms with Crippen molar-refractivity contribution in [1.82, 2.24) is 0 Å². The lowest BCUT2D eigenvalue weighted by Gasteiger charge is -2.12. The number of hydrogen-bond donors (Lipinski definition) is 1. The topological polar surface area (TPSA) is 12.0 Å². The summed E-state index contributed by atoms with van der Waals surface area (Å²) in [6.45, 7) is 4.99. The molecule has 3 heteroatoms. The van der Waals surface area contributed by atoms with Crippen molar-refractivity contribution in [1.29, 1.82) is 0 Å². The highest BCUT2D eigenvalue weighted by Crippen LogP contribution is 2.30. The van der Waals surface area contributed by atoms with Crippen LogP contribution in [0.15, 0.2) is 36.4 Å². The molecule has 0 aromatic heterocycles. The van der Waals surface area contributed by atoms with Crippen LogP contribution in [-0.2, 0) is 6.54 Å². The Balaban J connectivity index is 2.17. The summed E-state index contributed by atoms with van der Waals surface area (Å²) in [7, 11) is 0. The molecule has 0 unspecified atom stereocenters. The molecule has 0 fully saturated rings. The van der Waals surface area contributed by atoms with E-state index in [0.717, 1.165) is 12.2 Å². The summed E-state index contributed by atoms with van der Waals surface area (Å²) in [6, 6.07) is 11.9. The molecule has 0 spiro atoms. The van der Waals surface area contributed by atoms with Crippen LogP contribution in [0.2, 0.25) is 10.0 Å². The van der Waals surface area contributed by atoms with Crippen molar-refractivity contribution in [3.8, 4) is 0 Å². The average Bonchev–Trinajstić information content (AvgIpc) is 2.36. The molecule has 0 aliphatic heterocycles. The third-order valence-electron chi connectivity index (χ3n) is 3.14. The van der Waals surface area contributed by atoms with E-state index < -0.39 is 0 Å². The maximum Gasteiger partial charge on any atom is 0.0823 e. The zero-order valence-corrected chi connectivity index (χ0v) is 11.9. The van der Waals surface area contributed by atoms with Crippen LogP contribution in [0, 0.1) is 13.8 Å². The first-order valence-electron chi connectivity index (χ1n) is 5.82. The summed E-state index contributed by atoms with van der Waals surface area (Å²) in [5.41, 5.74) is 4.74. The van der Waals surface area contributed by atoms with E-state index in [1.54, 1.807) is 6.07 Å². The average molecular weight is 280 g/mol. The van der Waals surface area contributed by atoms with E-state index in [1.165, 1.54) is 16.7 Å². The molecule has 2 aromatic carbocycles. The van der Waals surface area contributed by atoms with E-state index in [0.29, 0.717) is 10.0 Å². The van der Waals surface area contributed by atoms with Crippen molar-refractivity contribution in [3.63, 3.8) is 0 Å². The zero-order chi connectivity index (χ0) is 13.1. The normalized spacial score (nSPS) is 10.4. The van der Waals surface area contributed by atoms with Crippen molar-refractivity contribution in [2.24, 2.45) is 0 Å². The molecule has 18 heavy (non-hydrogen) atoms. The molecule has 1 N–H and O–H groups in total. The zero-order valence-electron chi connectivity index (χ0n) is 10.4. The van der Waals surface area contributed by atoms with Crippen LogP contribution in [0.5, 0.6) is 0 Å². The van der Waals surface area contributed by atoms with Gasteiger partial charge in [0.2, 0.25) is 0 Å². The standard InChI is InChI=1S/C15H15Cl2N/c1-10-5-3-6-12(11(10)2)9-18-14-8-4-7-13(16)15(14)17/h3-8,18H,9H2,1-2H3. The number of anilines is 1. The van der Waals surface area contributed by atoms with Gasteiger partial charge in [0.1, 0.15) is 0 Å². The summed E-state index contributed by atoms with van der Waals surface area (Å²) in [6.07, 6.45) is 0. The minimum atomic E-state index is 0.572. The van der Waals surface area contributed by atoms with Gasteiger partial charge in [0.05, 0.1) is 15.7 Å². The second-order valence-corrected chi connectivity index (χ2v) is 5.10. The number of rotatable bonds is 3. The minimum Gasteiger partial charge on any atom is -0.380 e. The second kappa shape index (κ2) is 5.64. The van der Waals surface area contributed by atoms with Gasteiger partial charge in [-0.25, -0.2) is 0 Å². The highest BCUT2D eigenvalue weighted by atomic mass is 35.5. The molecule has 0 bridgehead atoms. The Labute approximate surface area is 118 Å². The van der Waals surface area contributed by atoms with Crippen molar-refractivity contribution in [2.45, 2.75) is 20.4 Å². The number of benzene rings is 2. The quantitative estimate of drug-likeness (QED) is 0.812. The Kier molecular flexibility index (Phi) is 4.15. The van der Waals surface area contributed by atoms with Gasteiger partial charge in [0.15, 0.2) is 0 Å². The Morgan fingerprint density at radius 1 is 1.00 bits per heavy atom. The Bertz CT molecular complexity index is 513. The summed E-state index contributed by atoms with van der Waals surface area (Å²) >= 11 is 12.1. The third kappa shape index (κ3) is 2.80. The Morgan fingerprint density at radius 3 is 2.50 bits per heavy atom. The highest BCUT2D eigenvalue weighted by molar-refractivity contribution is 6.43. The molecular formula is C15H15Cl2N. The van der Waals surface area contributed by atoms with Gasteiger partial charge in [-0.05, 0) is 42.7 Å². The molecule has 0 aliphatic rings. The molecular weight excluding hydrogens is 265 g/mol. The van der Waals surface area contributed by atoms with Gasteiger partial charge in [-0.1, -0.05) is 47.5 Å². The van der Waals surface area contributed by atoms with Crippen LogP contribution in [-0.4, -0.2) is 0 Å². The van der Waals surface area contributed by atoms with E-state index in [1.807, 2.05) is 12.1 Å². The van der Waals surface area contributed by atoms with Crippen LogP contribution in [0.25, 0.3) is 0 Å². The predicted molar refractivity (Wildman–Crippen MR) is 79.7 cm³/mol. The molecule has 2 rings (SSSR count). The first-order valence-corrected chi connectivity index (χ1v) is 6.58. The van der Waals surface area contributed by atoms with Crippen molar-refractivity contribution >= 4 is 28.9 Å². The maximum atomic E-state index is 6.14. The first-order chi connectivity index (χ1) is 8.59. The number of nitrogens with one attached hydrogen (secondary N) is 1. The molecule has 0 aliphatic carbocycles. The lowest BCUT2D eigenvalue weighted by atomic mass is 10.0. The molecule has 0 heterocycles. The summed E-state index contributed by atoms with van der Waals surface area (Å²) in [5.74, 6) is 0. The van der Waals surface area contributed by atoms with Gasteiger partial charge in [-0.3, -0.25) is 0 Å². The maximum absolute atomic E-state index is 6.14. The first kappa shape index (κ1) is 13.3. The highest BCUT2D eigenvalue weighted by Gasteiger charge is 2.05. The van der Waals surface area contributed by atoms with Gasteiger partial charge < -0.3 is 5.32 Å². The van der Waals surface area contributed by atoms with Crippen LogP contribution >= 0.6 is 23.2 Å². The fourth-order valence-corrected chi connectivity index (χ4v) is 2.20. The Hall–Kier alpha value is -1.18. The van der Waals surface area contributed by atoms with Gasteiger partial charge in [0, 0.05) is 6.54 Å². The summed E-state index contributed by atoms with van der Waals surface area (Å²) in [4.78, 5) is 0. The second-order valence-electron chi connectivity index (χ2n) is 4.31. The Morgan fingerprint density at radius 2 is 1.72 bits per heavy atom. The minimum absolute atomic E-state index is 0.572. The van der Waals surface area contributed by atoms with Crippen molar-refractivity contribution < 1.29 is 0 Å². The van der Waals surface area contributed by atoms with E-state index in [9.17, 15) is 0 Å². The molecule has 0 saturated heterocycles. The van der Waals surface area contributed by atoms with Crippen LogP contribution < -0.4 is 5.32 Å². The van der Waals surface area contributed by atoms with Gasteiger partial charge in [0.25, 0.3) is 0 Å². The van der Waals surface area contributed by atoms with Crippen LogP contribution in [0.3, 0.4) is 0 Å². The van der Waals surface area contributed by atoms with Crippen LogP contribution in [0.4, 0.5) is 5.69 Å². The molecule has 0 amide bonds. The van der Waals surface area contributed by atoms with E-state index in [-0.39, 0.29) is 0 Å². The third-order valence-corrected chi connectivity index (χ3v) is 3.96. The molecule has 2 aromatic rings. The van der Waals surface area contributed by atoms with E-state index >= 15 is 0 Å². The predicted octanol–water partition coefficient (Wildman–Crippen LogP) is 5.22. The largest absolute Gasteiger partial charge is 0.380 e. The molecule has 0 radical (unpaired) electrons. The van der Waals surface area contributed by atoms with Crippen molar-refractivity contribution in [2.75, 3.05) is 5.32 Å². The number of hydrogen-bond acceptors (Lipinski definition) is 1. The molecule has 1 nitrogen and oxygen atoms in total. The molecule has 0 saturated carbocycles. The fraction of sp³-hybridized carbons (Fsp3) is 0.200. The fourth-order valence-electron chi connectivity index (χ4n) is 1.83. The smallest absolute Gasteiger partial charge is 0.0823 e. The van der Waals surface area contributed by atoms with E-state index in [2.05, 4.69) is 37.4 Å².